The Labute approximate surface area is 163 Å². The topological polar surface area (TPSA) is 113 Å². The first kappa shape index (κ1) is 19.9. The van der Waals surface area contributed by atoms with Crippen LogP contribution in [0.15, 0.2) is 30.7 Å². The molecule has 0 spiro atoms. The molecule has 1 fully saturated rings. The number of carbonyl (C=O) groups excluding carboxylic acids is 2. The molecule has 2 aromatic rings. The first-order valence-electron chi connectivity index (χ1n) is 9.76. The number of nitrogens with one attached hydrogen (secondary N) is 2. The van der Waals surface area contributed by atoms with Crippen molar-refractivity contribution < 1.29 is 19.5 Å². The van der Waals surface area contributed by atoms with Crippen molar-refractivity contribution >= 4 is 23.4 Å². The van der Waals surface area contributed by atoms with Crippen LogP contribution in [-0.4, -0.2) is 44.4 Å². The smallest absolute Gasteiger partial charge is 0.308 e. The standard InChI is InChI=1S/C20H26N4O4/c1-2-3-6-16(19(26)22-15-7-4-5-14(15)20(27)28)23-18(25)13-8-9-17-21-10-11-24(17)12-13/h8-12,14-16H,2-7H2,1H3,(H,22,26)(H,23,25)(H,27,28)/t14-,15+,16+/m1/s1. The Bertz CT molecular complexity index is 863. The number of hydrogen-bond donors (Lipinski definition) is 3. The summed E-state index contributed by atoms with van der Waals surface area (Å²) >= 11 is 0. The molecule has 0 unspecified atom stereocenters. The molecule has 2 aromatic heterocycles. The number of nitrogens with zero attached hydrogens (tertiary/aromatic N) is 2. The average Bonchev–Trinajstić information content (AvgIpc) is 3.33. The second kappa shape index (κ2) is 8.86. The molecule has 150 valence electrons. The van der Waals surface area contributed by atoms with Crippen molar-refractivity contribution in [3.63, 3.8) is 0 Å². The number of fused-ring (bicyclic) bond motifs is 1. The Morgan fingerprint density at radius 2 is 2.14 bits per heavy atom. The Kier molecular flexibility index (Phi) is 6.28. The van der Waals surface area contributed by atoms with Crippen LogP contribution in [0.3, 0.4) is 0 Å². The van der Waals surface area contributed by atoms with Crippen molar-refractivity contribution in [3.8, 4) is 0 Å². The molecule has 2 amide bonds. The highest BCUT2D eigenvalue weighted by atomic mass is 16.4. The lowest BCUT2D eigenvalue weighted by atomic mass is 10.0. The molecular weight excluding hydrogens is 360 g/mol. The van der Waals surface area contributed by atoms with Crippen LogP contribution >= 0.6 is 0 Å². The lowest BCUT2D eigenvalue weighted by Gasteiger charge is -2.23. The third-order valence-corrected chi connectivity index (χ3v) is 5.28. The number of rotatable bonds is 8. The highest BCUT2D eigenvalue weighted by Gasteiger charge is 2.35. The number of carboxylic acids is 1. The van der Waals surface area contributed by atoms with E-state index in [1.807, 2.05) is 6.92 Å². The van der Waals surface area contributed by atoms with Gasteiger partial charge in [0.25, 0.3) is 5.91 Å². The maximum atomic E-state index is 12.8. The summed E-state index contributed by atoms with van der Waals surface area (Å²) in [6.07, 6.45) is 9.24. The predicted molar refractivity (Wildman–Crippen MR) is 103 cm³/mol. The molecule has 3 atom stereocenters. The van der Waals surface area contributed by atoms with Gasteiger partial charge in [0.2, 0.25) is 5.91 Å². The van der Waals surface area contributed by atoms with Crippen molar-refractivity contribution in [2.24, 2.45) is 5.92 Å². The summed E-state index contributed by atoms with van der Waals surface area (Å²) in [5.41, 5.74) is 1.17. The summed E-state index contributed by atoms with van der Waals surface area (Å²) in [6.45, 7) is 2.02. The third kappa shape index (κ3) is 4.49. The summed E-state index contributed by atoms with van der Waals surface area (Å²) in [6, 6.07) is 2.34. The second-order valence-corrected chi connectivity index (χ2v) is 7.27. The van der Waals surface area contributed by atoms with E-state index < -0.39 is 17.9 Å². The number of amides is 2. The molecule has 28 heavy (non-hydrogen) atoms. The number of pyridine rings is 1. The van der Waals surface area contributed by atoms with E-state index in [0.29, 0.717) is 24.8 Å². The van der Waals surface area contributed by atoms with Gasteiger partial charge in [-0.1, -0.05) is 26.2 Å². The zero-order valence-corrected chi connectivity index (χ0v) is 15.9. The van der Waals surface area contributed by atoms with Crippen LogP contribution in [-0.2, 0) is 9.59 Å². The van der Waals surface area contributed by atoms with Gasteiger partial charge in [-0.25, -0.2) is 4.98 Å². The highest BCUT2D eigenvalue weighted by molar-refractivity contribution is 5.97. The van der Waals surface area contributed by atoms with Gasteiger partial charge in [0.05, 0.1) is 11.5 Å². The molecule has 0 aromatic carbocycles. The Morgan fingerprint density at radius 1 is 1.32 bits per heavy atom. The Balaban J connectivity index is 1.69. The quantitative estimate of drug-likeness (QED) is 0.642. The van der Waals surface area contributed by atoms with Crippen LogP contribution in [0.4, 0.5) is 0 Å². The normalized spacial score (nSPS) is 20.0. The molecule has 0 saturated heterocycles. The molecule has 8 heteroatoms. The first-order valence-corrected chi connectivity index (χ1v) is 9.76. The van der Waals surface area contributed by atoms with Gasteiger partial charge in [0.1, 0.15) is 11.7 Å². The summed E-state index contributed by atoms with van der Waals surface area (Å²) in [4.78, 5) is 41.0. The third-order valence-electron chi connectivity index (χ3n) is 5.28. The molecule has 0 radical (unpaired) electrons. The van der Waals surface area contributed by atoms with Crippen LogP contribution in [0.5, 0.6) is 0 Å². The largest absolute Gasteiger partial charge is 0.481 e. The summed E-state index contributed by atoms with van der Waals surface area (Å²) in [5, 5.41) is 15.0. The van der Waals surface area contributed by atoms with E-state index in [9.17, 15) is 19.5 Å². The monoisotopic (exact) mass is 386 g/mol. The minimum absolute atomic E-state index is 0.316. The van der Waals surface area contributed by atoms with Gasteiger partial charge in [-0.15, -0.1) is 0 Å². The fourth-order valence-electron chi connectivity index (χ4n) is 3.68. The van der Waals surface area contributed by atoms with Crippen LogP contribution in [0, 0.1) is 5.92 Å². The van der Waals surface area contributed by atoms with E-state index in [-0.39, 0.29) is 17.9 Å². The van der Waals surface area contributed by atoms with Crippen molar-refractivity contribution in [1.29, 1.82) is 0 Å². The highest BCUT2D eigenvalue weighted by Crippen LogP contribution is 2.26. The van der Waals surface area contributed by atoms with Crippen LogP contribution in [0.25, 0.3) is 5.65 Å². The number of aliphatic carboxylic acids is 1. The molecule has 2 heterocycles. The van der Waals surface area contributed by atoms with Crippen molar-refractivity contribution in [2.45, 2.75) is 57.5 Å². The summed E-state index contributed by atoms with van der Waals surface area (Å²) < 4.78 is 1.74. The summed E-state index contributed by atoms with van der Waals surface area (Å²) in [7, 11) is 0. The van der Waals surface area contributed by atoms with E-state index in [1.165, 1.54) is 0 Å². The van der Waals surface area contributed by atoms with E-state index in [1.54, 1.807) is 35.1 Å². The molecule has 3 N–H and O–H groups in total. The molecule has 1 aliphatic rings. The van der Waals surface area contributed by atoms with Crippen LogP contribution < -0.4 is 10.6 Å². The lowest BCUT2D eigenvalue weighted by molar-refractivity contribution is -0.142. The van der Waals surface area contributed by atoms with Crippen molar-refractivity contribution in [1.82, 2.24) is 20.0 Å². The Hall–Kier alpha value is -2.90. The molecule has 0 aliphatic heterocycles. The number of unbranched alkanes of at least 4 members (excludes halogenated alkanes) is 1. The average molecular weight is 386 g/mol. The number of carboxylic acid groups (broad SMARTS) is 1. The molecule has 1 aliphatic carbocycles. The SMILES string of the molecule is CCCC[C@H](NC(=O)c1ccc2nccn2c1)C(=O)N[C@H]1CCC[C@H]1C(=O)O. The molecular formula is C20H26N4O4. The second-order valence-electron chi connectivity index (χ2n) is 7.27. The van der Waals surface area contributed by atoms with E-state index in [2.05, 4.69) is 15.6 Å². The van der Waals surface area contributed by atoms with Crippen LogP contribution in [0.1, 0.15) is 55.8 Å². The molecule has 8 nitrogen and oxygen atoms in total. The van der Waals surface area contributed by atoms with Gasteiger partial charge >= 0.3 is 5.97 Å². The van der Waals surface area contributed by atoms with E-state index >= 15 is 0 Å². The molecule has 3 rings (SSSR count). The predicted octanol–water partition coefficient (Wildman–Crippen LogP) is 1.99. The van der Waals surface area contributed by atoms with Gasteiger partial charge in [0, 0.05) is 24.6 Å². The number of carbonyl (C=O) groups is 3. The van der Waals surface area contributed by atoms with Crippen LogP contribution in [0.2, 0.25) is 0 Å². The summed E-state index contributed by atoms with van der Waals surface area (Å²) in [5.74, 6) is -2.10. The fourth-order valence-corrected chi connectivity index (χ4v) is 3.68. The van der Waals surface area contributed by atoms with E-state index in [0.717, 1.165) is 24.9 Å². The minimum Gasteiger partial charge on any atom is -0.481 e. The zero-order valence-electron chi connectivity index (χ0n) is 15.9. The van der Waals surface area contributed by atoms with Crippen molar-refractivity contribution in [3.05, 3.63) is 36.3 Å². The number of hydrogen-bond acceptors (Lipinski definition) is 4. The van der Waals surface area contributed by atoms with Gasteiger partial charge in [-0.05, 0) is 31.4 Å². The van der Waals surface area contributed by atoms with E-state index in [4.69, 9.17) is 0 Å². The van der Waals surface area contributed by atoms with Gasteiger partial charge in [0.15, 0.2) is 0 Å². The lowest BCUT2D eigenvalue weighted by Crippen LogP contribution is -2.51. The maximum absolute atomic E-state index is 12.8. The molecule has 0 bridgehead atoms. The maximum Gasteiger partial charge on any atom is 0.308 e. The fraction of sp³-hybridized carbons (Fsp3) is 0.500. The zero-order chi connectivity index (χ0) is 20.1. The Morgan fingerprint density at radius 3 is 2.89 bits per heavy atom. The first-order chi connectivity index (χ1) is 13.5. The van der Waals surface area contributed by atoms with Crippen molar-refractivity contribution in [2.75, 3.05) is 0 Å². The number of aromatic nitrogens is 2. The van der Waals surface area contributed by atoms with Gasteiger partial charge in [-0.3, -0.25) is 14.4 Å². The minimum atomic E-state index is -0.884. The number of imidazole rings is 1. The van der Waals surface area contributed by atoms with Gasteiger partial charge < -0.3 is 20.1 Å². The molecule has 1 saturated carbocycles. The van der Waals surface area contributed by atoms with Gasteiger partial charge in [-0.2, -0.15) is 0 Å².